The Morgan fingerprint density at radius 3 is 2.91 bits per heavy atom. The van der Waals surface area contributed by atoms with Gasteiger partial charge >= 0.3 is 0 Å². The van der Waals surface area contributed by atoms with Gasteiger partial charge in [-0.05, 0) is 31.2 Å². The first kappa shape index (κ1) is 21.6. The second-order valence-electron chi connectivity index (χ2n) is 7.14. The van der Waals surface area contributed by atoms with Crippen LogP contribution in [0.4, 0.5) is 0 Å². The molecule has 4 aromatic rings. The quantitative estimate of drug-likeness (QED) is 0.309. The monoisotopic (exact) mass is 447 g/mol. The zero-order valence-corrected chi connectivity index (χ0v) is 18.4. The normalized spacial score (nSPS) is 12.7. The van der Waals surface area contributed by atoms with E-state index in [1.165, 1.54) is 17.7 Å². The lowest BCUT2D eigenvalue weighted by Crippen LogP contribution is -2.27. The van der Waals surface area contributed by atoms with Crippen molar-refractivity contribution >= 4 is 28.1 Å². The first-order valence-electron chi connectivity index (χ1n) is 9.84. The SMILES string of the molecule is COCCNC(=O)c1[nH]c2ccc(C#CC(C)(O)c3nccs3)cc2c1-c1ccncn1. The molecule has 0 radical (unpaired) electrons. The van der Waals surface area contributed by atoms with Gasteiger partial charge in [0.1, 0.15) is 17.0 Å². The average Bonchev–Trinajstić information content (AvgIpc) is 3.47. The lowest BCUT2D eigenvalue weighted by molar-refractivity contribution is 0.0933. The van der Waals surface area contributed by atoms with Gasteiger partial charge in [0.2, 0.25) is 0 Å². The lowest BCUT2D eigenvalue weighted by Gasteiger charge is -2.11. The van der Waals surface area contributed by atoms with E-state index in [0.29, 0.717) is 40.7 Å². The molecule has 32 heavy (non-hydrogen) atoms. The molecular formula is C23H21N5O3S. The third-order valence-corrected chi connectivity index (χ3v) is 5.74. The van der Waals surface area contributed by atoms with Gasteiger partial charge in [0.05, 0.1) is 12.3 Å². The van der Waals surface area contributed by atoms with Crippen molar-refractivity contribution in [2.45, 2.75) is 12.5 Å². The summed E-state index contributed by atoms with van der Waals surface area (Å²) in [5.74, 6) is 5.66. The largest absolute Gasteiger partial charge is 0.383 e. The van der Waals surface area contributed by atoms with Crippen molar-refractivity contribution in [2.75, 3.05) is 20.3 Å². The van der Waals surface area contributed by atoms with Gasteiger partial charge in [-0.25, -0.2) is 15.0 Å². The van der Waals surface area contributed by atoms with E-state index >= 15 is 0 Å². The van der Waals surface area contributed by atoms with Crippen molar-refractivity contribution in [1.82, 2.24) is 25.3 Å². The molecule has 0 saturated heterocycles. The Labute approximate surface area is 188 Å². The molecular weight excluding hydrogens is 426 g/mol. The van der Waals surface area contributed by atoms with Crippen LogP contribution in [0.3, 0.4) is 0 Å². The van der Waals surface area contributed by atoms with Crippen LogP contribution in [0.1, 0.15) is 28.0 Å². The first-order chi connectivity index (χ1) is 15.5. The van der Waals surface area contributed by atoms with Gasteiger partial charge in [-0.2, -0.15) is 0 Å². The van der Waals surface area contributed by atoms with Crippen molar-refractivity contribution in [3.8, 4) is 23.1 Å². The first-order valence-corrected chi connectivity index (χ1v) is 10.7. The number of H-pyrrole nitrogens is 1. The van der Waals surface area contributed by atoms with Gasteiger partial charge in [-0.3, -0.25) is 4.79 Å². The van der Waals surface area contributed by atoms with Crippen LogP contribution in [0, 0.1) is 11.8 Å². The number of benzene rings is 1. The van der Waals surface area contributed by atoms with Crippen LogP contribution < -0.4 is 5.32 Å². The topological polar surface area (TPSA) is 113 Å². The van der Waals surface area contributed by atoms with E-state index in [-0.39, 0.29) is 5.91 Å². The highest BCUT2D eigenvalue weighted by molar-refractivity contribution is 7.09. The molecule has 9 heteroatoms. The Kier molecular flexibility index (Phi) is 6.28. The lowest BCUT2D eigenvalue weighted by atomic mass is 10.0. The van der Waals surface area contributed by atoms with E-state index in [1.54, 1.807) is 37.9 Å². The number of nitrogens with one attached hydrogen (secondary N) is 2. The van der Waals surface area contributed by atoms with Crippen molar-refractivity contribution in [3.63, 3.8) is 0 Å². The molecule has 3 aromatic heterocycles. The number of fused-ring (bicyclic) bond motifs is 1. The molecule has 0 aliphatic rings. The number of amides is 1. The molecule has 8 nitrogen and oxygen atoms in total. The second kappa shape index (κ2) is 9.28. The van der Waals surface area contributed by atoms with Crippen molar-refractivity contribution in [2.24, 2.45) is 0 Å². The van der Waals surface area contributed by atoms with Gasteiger partial charge in [-0.15, -0.1) is 11.3 Å². The Balaban J connectivity index is 1.77. The van der Waals surface area contributed by atoms with Crippen molar-refractivity contribution in [1.29, 1.82) is 0 Å². The molecule has 1 aromatic carbocycles. The number of aromatic amines is 1. The molecule has 3 heterocycles. The predicted molar refractivity (Wildman–Crippen MR) is 122 cm³/mol. The maximum absolute atomic E-state index is 12.8. The molecule has 0 spiro atoms. The third kappa shape index (κ3) is 4.53. The number of carbonyl (C=O) groups is 1. The standard InChI is InChI=1S/C23H21N5O3S/c1-23(30,22-26-10-12-32-22)7-5-15-3-4-17-16(13-15)19(18-6-8-24-14-27-18)20(28-17)21(29)25-9-11-31-2/h3-4,6,8,10,12-14,28,30H,9,11H2,1-2H3,(H,25,29). The summed E-state index contributed by atoms with van der Waals surface area (Å²) in [7, 11) is 1.58. The minimum absolute atomic E-state index is 0.258. The number of methoxy groups -OCH3 is 1. The Bertz CT molecular complexity index is 1290. The zero-order valence-electron chi connectivity index (χ0n) is 17.5. The van der Waals surface area contributed by atoms with Gasteiger partial charge in [0.15, 0.2) is 5.60 Å². The molecule has 0 fully saturated rings. The summed E-state index contributed by atoms with van der Waals surface area (Å²) >= 11 is 1.35. The number of ether oxygens (including phenoxy) is 1. The molecule has 0 saturated carbocycles. The molecule has 4 rings (SSSR count). The summed E-state index contributed by atoms with van der Waals surface area (Å²) in [5.41, 5.74) is 1.77. The van der Waals surface area contributed by atoms with Crippen LogP contribution in [0.15, 0.2) is 48.4 Å². The summed E-state index contributed by atoms with van der Waals surface area (Å²) in [6.07, 6.45) is 4.70. The van der Waals surface area contributed by atoms with Crippen LogP contribution in [-0.2, 0) is 10.3 Å². The molecule has 0 aliphatic carbocycles. The van der Waals surface area contributed by atoms with Crippen LogP contribution in [0.25, 0.3) is 22.2 Å². The molecule has 0 aliphatic heterocycles. The van der Waals surface area contributed by atoms with E-state index in [2.05, 4.69) is 37.1 Å². The fourth-order valence-corrected chi connectivity index (χ4v) is 3.86. The zero-order chi connectivity index (χ0) is 22.6. The van der Waals surface area contributed by atoms with Gasteiger partial charge in [0, 0.05) is 53.5 Å². The molecule has 3 N–H and O–H groups in total. The summed E-state index contributed by atoms with van der Waals surface area (Å²) in [5, 5.41) is 16.6. The number of aliphatic hydroxyl groups is 1. The summed E-state index contributed by atoms with van der Waals surface area (Å²) in [6.45, 7) is 2.41. The van der Waals surface area contributed by atoms with Gasteiger partial charge < -0.3 is 20.1 Å². The summed E-state index contributed by atoms with van der Waals surface area (Å²) < 4.78 is 5.01. The molecule has 1 unspecified atom stereocenters. The number of nitrogens with zero attached hydrogens (tertiary/aromatic N) is 3. The number of aromatic nitrogens is 4. The van der Waals surface area contributed by atoms with Crippen molar-refractivity contribution in [3.05, 3.63) is 64.6 Å². The van der Waals surface area contributed by atoms with Crippen LogP contribution >= 0.6 is 11.3 Å². The maximum Gasteiger partial charge on any atom is 0.268 e. The Morgan fingerprint density at radius 2 is 2.19 bits per heavy atom. The number of hydrogen-bond donors (Lipinski definition) is 3. The average molecular weight is 448 g/mol. The van der Waals surface area contributed by atoms with E-state index in [1.807, 2.05) is 18.2 Å². The highest BCUT2D eigenvalue weighted by Crippen LogP contribution is 2.32. The number of hydrogen-bond acceptors (Lipinski definition) is 7. The number of thiazole rings is 1. The number of carbonyl (C=O) groups excluding carboxylic acids is 1. The Morgan fingerprint density at radius 1 is 1.31 bits per heavy atom. The van der Waals surface area contributed by atoms with E-state index in [4.69, 9.17) is 4.74 Å². The highest BCUT2D eigenvalue weighted by Gasteiger charge is 2.23. The summed E-state index contributed by atoms with van der Waals surface area (Å²) in [4.78, 5) is 28.5. The van der Waals surface area contributed by atoms with Crippen LogP contribution in [0.2, 0.25) is 0 Å². The van der Waals surface area contributed by atoms with Crippen LogP contribution in [0.5, 0.6) is 0 Å². The van der Waals surface area contributed by atoms with E-state index in [0.717, 1.165) is 10.9 Å². The maximum atomic E-state index is 12.8. The molecule has 0 bridgehead atoms. The summed E-state index contributed by atoms with van der Waals surface area (Å²) in [6, 6.07) is 7.31. The van der Waals surface area contributed by atoms with E-state index < -0.39 is 5.60 Å². The molecule has 1 atom stereocenters. The smallest absolute Gasteiger partial charge is 0.268 e. The minimum atomic E-state index is -1.36. The van der Waals surface area contributed by atoms with Crippen LogP contribution in [-0.4, -0.2) is 51.2 Å². The molecule has 1 amide bonds. The van der Waals surface area contributed by atoms with Crippen molar-refractivity contribution < 1.29 is 14.6 Å². The number of rotatable bonds is 6. The Hall–Kier alpha value is -3.58. The van der Waals surface area contributed by atoms with Gasteiger partial charge in [-0.1, -0.05) is 11.8 Å². The minimum Gasteiger partial charge on any atom is -0.383 e. The fourth-order valence-electron chi connectivity index (χ4n) is 3.21. The predicted octanol–water partition coefficient (Wildman–Crippen LogP) is 2.72. The van der Waals surface area contributed by atoms with Gasteiger partial charge in [0.25, 0.3) is 5.91 Å². The fraction of sp³-hybridized carbons (Fsp3) is 0.217. The second-order valence-corrected chi connectivity index (χ2v) is 8.03. The highest BCUT2D eigenvalue weighted by atomic mass is 32.1. The van der Waals surface area contributed by atoms with E-state index in [9.17, 15) is 9.90 Å². The molecule has 162 valence electrons. The third-order valence-electron chi connectivity index (χ3n) is 4.75.